The molecule has 1 atom stereocenters. The molecule has 0 radical (unpaired) electrons. The van der Waals surface area contributed by atoms with Crippen molar-refractivity contribution in [2.45, 2.75) is 26.8 Å². The Morgan fingerprint density at radius 1 is 1.23 bits per heavy atom. The van der Waals surface area contributed by atoms with Crippen LogP contribution in [0.1, 0.15) is 26.8 Å². The number of ether oxygens (including phenoxy) is 1. The van der Waals surface area contributed by atoms with E-state index in [0.29, 0.717) is 12.5 Å². The van der Waals surface area contributed by atoms with E-state index in [2.05, 4.69) is 24.3 Å². The lowest BCUT2D eigenvalue weighted by molar-refractivity contribution is -0.124. The Kier molecular flexibility index (Phi) is 5.20. The summed E-state index contributed by atoms with van der Waals surface area (Å²) in [5.74, 6) is 1.24. The molecule has 1 amide bonds. The first-order chi connectivity index (χ1) is 10.5. The molecule has 0 saturated heterocycles. The summed E-state index contributed by atoms with van der Waals surface area (Å²) in [6, 6.07) is 7.44. The second kappa shape index (κ2) is 7.11. The van der Waals surface area contributed by atoms with Crippen LogP contribution in [0.4, 0.5) is 0 Å². The number of carbonyl (C=O) groups is 1. The second-order valence-electron chi connectivity index (χ2n) is 5.75. The van der Waals surface area contributed by atoms with Crippen molar-refractivity contribution < 1.29 is 9.53 Å². The normalized spacial score (nSPS) is 12.2. The Morgan fingerprint density at radius 3 is 2.50 bits per heavy atom. The first-order valence-corrected chi connectivity index (χ1v) is 7.47. The van der Waals surface area contributed by atoms with Crippen molar-refractivity contribution in [2.75, 3.05) is 13.7 Å². The fraction of sp³-hybridized carbons (Fsp3) is 0.412. The summed E-state index contributed by atoms with van der Waals surface area (Å²) in [6.45, 7) is 6.66. The molecule has 0 aliphatic carbocycles. The van der Waals surface area contributed by atoms with Gasteiger partial charge in [0.05, 0.1) is 13.3 Å². The molecule has 2 rings (SSSR count). The van der Waals surface area contributed by atoms with Crippen LogP contribution in [0.5, 0.6) is 5.75 Å². The summed E-state index contributed by atoms with van der Waals surface area (Å²) in [7, 11) is 1.64. The van der Waals surface area contributed by atoms with Gasteiger partial charge in [0.15, 0.2) is 0 Å². The van der Waals surface area contributed by atoms with Crippen molar-refractivity contribution in [3.8, 4) is 16.9 Å². The molecule has 118 valence electrons. The summed E-state index contributed by atoms with van der Waals surface area (Å²) in [4.78, 5) is 12.1. The highest BCUT2D eigenvalue weighted by molar-refractivity contribution is 5.80. The maximum absolute atomic E-state index is 12.1. The van der Waals surface area contributed by atoms with Gasteiger partial charge in [0, 0.05) is 18.3 Å². The smallest absolute Gasteiger partial charge is 0.244 e. The second-order valence-corrected chi connectivity index (χ2v) is 5.75. The van der Waals surface area contributed by atoms with Crippen molar-refractivity contribution in [1.29, 1.82) is 0 Å². The SMILES string of the molecule is COc1ccc(-c2cnn([C@H](C)C(=O)NCC(C)C)c2)cc1. The summed E-state index contributed by atoms with van der Waals surface area (Å²) in [6.07, 6.45) is 3.66. The molecule has 1 aromatic carbocycles. The summed E-state index contributed by atoms with van der Waals surface area (Å²) >= 11 is 0. The van der Waals surface area contributed by atoms with E-state index in [-0.39, 0.29) is 11.9 Å². The van der Waals surface area contributed by atoms with Crippen molar-refractivity contribution in [2.24, 2.45) is 5.92 Å². The lowest BCUT2D eigenvalue weighted by atomic mass is 10.1. The summed E-state index contributed by atoms with van der Waals surface area (Å²) in [5, 5.41) is 7.24. The molecule has 5 nitrogen and oxygen atoms in total. The van der Waals surface area contributed by atoms with Gasteiger partial charge < -0.3 is 10.1 Å². The number of nitrogens with zero attached hydrogens (tertiary/aromatic N) is 2. The maximum atomic E-state index is 12.1. The van der Waals surface area contributed by atoms with Gasteiger partial charge in [-0.2, -0.15) is 5.10 Å². The Hall–Kier alpha value is -2.30. The third-order valence-electron chi connectivity index (χ3n) is 3.49. The Bertz CT molecular complexity index is 617. The van der Waals surface area contributed by atoms with Crippen LogP contribution >= 0.6 is 0 Å². The minimum Gasteiger partial charge on any atom is -0.497 e. The van der Waals surface area contributed by atoms with Gasteiger partial charge >= 0.3 is 0 Å². The monoisotopic (exact) mass is 301 g/mol. The quantitative estimate of drug-likeness (QED) is 0.892. The Balaban J connectivity index is 2.08. The summed E-state index contributed by atoms with van der Waals surface area (Å²) in [5.41, 5.74) is 2.02. The van der Waals surface area contributed by atoms with Crippen LogP contribution in [0, 0.1) is 5.92 Å². The minimum absolute atomic E-state index is 0.0157. The van der Waals surface area contributed by atoms with Gasteiger partial charge in [0.25, 0.3) is 0 Å². The van der Waals surface area contributed by atoms with Crippen LogP contribution in [-0.4, -0.2) is 29.3 Å². The largest absolute Gasteiger partial charge is 0.497 e. The topological polar surface area (TPSA) is 56.2 Å². The number of aromatic nitrogens is 2. The van der Waals surface area contributed by atoms with Gasteiger partial charge in [0.2, 0.25) is 5.91 Å². The molecular formula is C17H23N3O2. The van der Waals surface area contributed by atoms with E-state index in [1.807, 2.05) is 37.4 Å². The van der Waals surface area contributed by atoms with Crippen LogP contribution in [0.25, 0.3) is 11.1 Å². The Labute approximate surface area is 131 Å². The number of benzene rings is 1. The van der Waals surface area contributed by atoms with Crippen LogP contribution in [0.15, 0.2) is 36.7 Å². The lowest BCUT2D eigenvalue weighted by Crippen LogP contribution is -2.33. The number of amides is 1. The number of nitrogens with one attached hydrogen (secondary N) is 1. The van der Waals surface area contributed by atoms with E-state index in [0.717, 1.165) is 16.9 Å². The van der Waals surface area contributed by atoms with E-state index in [1.165, 1.54) is 0 Å². The van der Waals surface area contributed by atoms with Crippen LogP contribution < -0.4 is 10.1 Å². The zero-order chi connectivity index (χ0) is 16.1. The van der Waals surface area contributed by atoms with E-state index in [9.17, 15) is 4.79 Å². The zero-order valence-corrected chi connectivity index (χ0v) is 13.5. The third-order valence-corrected chi connectivity index (χ3v) is 3.49. The van der Waals surface area contributed by atoms with Crippen molar-refractivity contribution in [3.05, 3.63) is 36.7 Å². The number of rotatable bonds is 6. The minimum atomic E-state index is -0.328. The number of methoxy groups -OCH3 is 1. The highest BCUT2D eigenvalue weighted by Gasteiger charge is 2.16. The molecule has 5 heteroatoms. The fourth-order valence-electron chi connectivity index (χ4n) is 2.05. The predicted octanol–water partition coefficient (Wildman–Crippen LogP) is 2.89. The molecule has 2 aromatic rings. The first-order valence-electron chi connectivity index (χ1n) is 7.47. The molecule has 0 aliphatic rings. The molecule has 22 heavy (non-hydrogen) atoms. The molecule has 1 aromatic heterocycles. The average molecular weight is 301 g/mol. The van der Waals surface area contributed by atoms with Crippen molar-refractivity contribution in [3.63, 3.8) is 0 Å². The molecule has 1 N–H and O–H groups in total. The first kappa shape index (κ1) is 16.1. The van der Waals surface area contributed by atoms with Crippen LogP contribution in [-0.2, 0) is 4.79 Å². The van der Waals surface area contributed by atoms with E-state index in [4.69, 9.17) is 4.74 Å². The number of hydrogen-bond acceptors (Lipinski definition) is 3. The van der Waals surface area contributed by atoms with Gasteiger partial charge in [-0.15, -0.1) is 0 Å². The van der Waals surface area contributed by atoms with Crippen molar-refractivity contribution >= 4 is 5.91 Å². The fourth-order valence-corrected chi connectivity index (χ4v) is 2.05. The van der Waals surface area contributed by atoms with Gasteiger partial charge in [-0.3, -0.25) is 9.48 Å². The van der Waals surface area contributed by atoms with Gasteiger partial charge in [-0.1, -0.05) is 26.0 Å². The van der Waals surface area contributed by atoms with Crippen LogP contribution in [0.2, 0.25) is 0 Å². The summed E-state index contributed by atoms with van der Waals surface area (Å²) < 4.78 is 6.84. The number of carbonyl (C=O) groups excluding carboxylic acids is 1. The highest BCUT2D eigenvalue weighted by atomic mass is 16.5. The van der Waals surface area contributed by atoms with Gasteiger partial charge in [-0.25, -0.2) is 0 Å². The number of hydrogen-bond donors (Lipinski definition) is 1. The average Bonchev–Trinajstić information content (AvgIpc) is 3.01. The molecular weight excluding hydrogens is 278 g/mol. The standard InChI is InChI=1S/C17H23N3O2/c1-12(2)9-18-17(21)13(3)20-11-15(10-19-20)14-5-7-16(22-4)8-6-14/h5-8,10-13H,9H2,1-4H3,(H,18,21)/t13-/m1/s1. The Morgan fingerprint density at radius 2 is 1.91 bits per heavy atom. The van der Waals surface area contributed by atoms with E-state index >= 15 is 0 Å². The predicted molar refractivity (Wildman–Crippen MR) is 86.8 cm³/mol. The zero-order valence-electron chi connectivity index (χ0n) is 13.5. The maximum Gasteiger partial charge on any atom is 0.244 e. The molecule has 0 unspecified atom stereocenters. The molecule has 0 fully saturated rings. The van der Waals surface area contributed by atoms with E-state index in [1.54, 1.807) is 18.0 Å². The molecule has 0 spiro atoms. The van der Waals surface area contributed by atoms with E-state index < -0.39 is 0 Å². The molecule has 0 saturated carbocycles. The molecule has 0 aliphatic heterocycles. The van der Waals surface area contributed by atoms with Gasteiger partial charge in [0.1, 0.15) is 11.8 Å². The lowest BCUT2D eigenvalue weighted by Gasteiger charge is -2.13. The molecule has 1 heterocycles. The van der Waals surface area contributed by atoms with Gasteiger partial charge in [-0.05, 0) is 30.5 Å². The highest BCUT2D eigenvalue weighted by Crippen LogP contribution is 2.22. The van der Waals surface area contributed by atoms with Crippen molar-refractivity contribution in [1.82, 2.24) is 15.1 Å². The molecule has 0 bridgehead atoms. The van der Waals surface area contributed by atoms with Crippen LogP contribution in [0.3, 0.4) is 0 Å². The third kappa shape index (κ3) is 3.87.